The van der Waals surface area contributed by atoms with Gasteiger partial charge in [-0.3, -0.25) is 9.19 Å². The topological polar surface area (TPSA) is 78.1 Å². The molecule has 5 nitrogen and oxygen atoms in total. The monoisotopic (exact) mass is 387 g/mol. The molecule has 3 heterocycles. The number of hydrogen-bond acceptors (Lipinski definition) is 6. The Hall–Kier alpha value is -1.83. The van der Waals surface area contributed by atoms with Crippen LogP contribution in [0.15, 0.2) is 34.8 Å². The number of thiophene rings is 1. The van der Waals surface area contributed by atoms with E-state index in [1.165, 1.54) is 29.7 Å². The van der Waals surface area contributed by atoms with Crippen molar-refractivity contribution in [3.8, 4) is 11.3 Å². The van der Waals surface area contributed by atoms with Crippen molar-refractivity contribution in [2.75, 3.05) is 25.2 Å². The van der Waals surface area contributed by atoms with Gasteiger partial charge in [0, 0.05) is 42.8 Å². The van der Waals surface area contributed by atoms with Crippen LogP contribution < -0.4 is 5.73 Å². The predicted octanol–water partition coefficient (Wildman–Crippen LogP) is 3.96. The van der Waals surface area contributed by atoms with E-state index in [0.717, 1.165) is 32.1 Å². The SMILES string of the molecule is COCCCS(=O)c1sc2nc(-c3cccnc3)cc(C3CC3)c2c1N. The molecule has 1 aliphatic carbocycles. The van der Waals surface area contributed by atoms with Gasteiger partial charge >= 0.3 is 0 Å². The fourth-order valence-corrected chi connectivity index (χ4v) is 5.74. The van der Waals surface area contributed by atoms with Gasteiger partial charge in [-0.25, -0.2) is 4.98 Å². The molecule has 4 rings (SSSR count). The van der Waals surface area contributed by atoms with Crippen LogP contribution in [0.3, 0.4) is 0 Å². The van der Waals surface area contributed by atoms with Gasteiger partial charge in [0.05, 0.1) is 22.2 Å². The van der Waals surface area contributed by atoms with Gasteiger partial charge < -0.3 is 10.5 Å². The van der Waals surface area contributed by atoms with Gasteiger partial charge in [0.1, 0.15) is 9.04 Å². The zero-order valence-corrected chi connectivity index (χ0v) is 16.2. The lowest BCUT2D eigenvalue weighted by Gasteiger charge is -2.07. The highest BCUT2D eigenvalue weighted by Gasteiger charge is 2.29. The van der Waals surface area contributed by atoms with Gasteiger partial charge in [-0.2, -0.15) is 0 Å². The van der Waals surface area contributed by atoms with Gasteiger partial charge in [0.25, 0.3) is 0 Å². The Morgan fingerprint density at radius 3 is 2.96 bits per heavy atom. The average molecular weight is 388 g/mol. The Morgan fingerprint density at radius 2 is 2.27 bits per heavy atom. The second-order valence-corrected chi connectivity index (χ2v) is 9.26. The highest BCUT2D eigenvalue weighted by Crippen LogP contribution is 2.48. The summed E-state index contributed by atoms with van der Waals surface area (Å²) >= 11 is 1.46. The third-order valence-corrected chi connectivity index (χ3v) is 7.55. The molecule has 26 heavy (non-hydrogen) atoms. The van der Waals surface area contributed by atoms with E-state index in [1.54, 1.807) is 13.3 Å². The van der Waals surface area contributed by atoms with E-state index in [4.69, 9.17) is 15.5 Å². The molecule has 0 aromatic carbocycles. The van der Waals surface area contributed by atoms with Crippen LogP contribution in [0.2, 0.25) is 0 Å². The van der Waals surface area contributed by atoms with Crippen molar-refractivity contribution in [1.29, 1.82) is 0 Å². The number of fused-ring (bicyclic) bond motifs is 1. The Bertz CT molecular complexity index is 952. The standard InChI is InChI=1S/C19H21N3O2S2/c1-24-8-3-9-26(23)19-17(20)16-14(12-5-6-12)10-15(22-18(16)25-19)13-4-2-7-21-11-13/h2,4,7,10-12H,3,5-6,8-9,20H2,1H3. The van der Waals surface area contributed by atoms with Crippen molar-refractivity contribution in [3.05, 3.63) is 36.2 Å². The van der Waals surface area contributed by atoms with Crippen molar-refractivity contribution < 1.29 is 8.95 Å². The number of hydrogen-bond donors (Lipinski definition) is 1. The summed E-state index contributed by atoms with van der Waals surface area (Å²) in [6.07, 6.45) is 6.68. The Morgan fingerprint density at radius 1 is 1.42 bits per heavy atom. The second-order valence-electron chi connectivity index (χ2n) is 6.49. The first-order chi connectivity index (χ1) is 12.7. The maximum Gasteiger partial charge on any atom is 0.127 e. The first-order valence-electron chi connectivity index (χ1n) is 8.69. The largest absolute Gasteiger partial charge is 0.396 e. The fourth-order valence-electron chi connectivity index (χ4n) is 3.10. The quantitative estimate of drug-likeness (QED) is 0.621. The molecular weight excluding hydrogens is 366 g/mol. The summed E-state index contributed by atoms with van der Waals surface area (Å²) in [6, 6.07) is 6.06. The second kappa shape index (κ2) is 7.42. The molecule has 1 aliphatic rings. The number of rotatable bonds is 7. The van der Waals surface area contributed by atoms with Crippen LogP contribution in [0.1, 0.15) is 30.7 Å². The van der Waals surface area contributed by atoms with Crippen LogP contribution in [-0.2, 0) is 15.5 Å². The molecule has 136 valence electrons. The van der Waals surface area contributed by atoms with E-state index in [2.05, 4.69) is 11.1 Å². The molecule has 0 spiro atoms. The van der Waals surface area contributed by atoms with Crippen LogP contribution in [0.5, 0.6) is 0 Å². The van der Waals surface area contributed by atoms with Crippen LogP contribution in [0.25, 0.3) is 21.5 Å². The zero-order valence-electron chi connectivity index (χ0n) is 14.6. The number of nitrogens with zero attached hydrogens (tertiary/aromatic N) is 2. The number of ether oxygens (including phenoxy) is 1. The molecule has 0 aliphatic heterocycles. The van der Waals surface area contributed by atoms with E-state index < -0.39 is 10.8 Å². The van der Waals surface area contributed by atoms with Crippen molar-refractivity contribution in [3.63, 3.8) is 0 Å². The highest BCUT2D eigenvalue weighted by molar-refractivity contribution is 7.87. The molecule has 0 saturated heterocycles. The number of aromatic nitrogens is 2. The first-order valence-corrected chi connectivity index (χ1v) is 10.8. The van der Waals surface area contributed by atoms with E-state index in [0.29, 0.717) is 24.0 Å². The summed E-state index contributed by atoms with van der Waals surface area (Å²) in [5.74, 6) is 1.08. The third-order valence-electron chi connectivity index (χ3n) is 4.55. The van der Waals surface area contributed by atoms with E-state index in [9.17, 15) is 4.21 Å². The minimum Gasteiger partial charge on any atom is -0.396 e. The maximum absolute atomic E-state index is 12.7. The van der Waals surface area contributed by atoms with Crippen LogP contribution >= 0.6 is 11.3 Å². The summed E-state index contributed by atoms with van der Waals surface area (Å²) in [7, 11) is 0.535. The Balaban J connectivity index is 1.79. The van der Waals surface area contributed by atoms with Gasteiger partial charge in [-0.1, -0.05) is 0 Å². The lowest BCUT2D eigenvalue weighted by Crippen LogP contribution is -2.02. The third kappa shape index (κ3) is 3.39. The highest BCUT2D eigenvalue weighted by atomic mass is 32.2. The number of nitrogen functional groups attached to an aromatic ring is 1. The molecule has 0 bridgehead atoms. The summed E-state index contributed by atoms with van der Waals surface area (Å²) in [5.41, 5.74) is 10.2. The molecule has 1 unspecified atom stereocenters. The molecule has 3 aromatic heterocycles. The Labute approximate surface area is 159 Å². The molecule has 0 amide bonds. The molecular formula is C19H21N3O2S2. The number of anilines is 1. The fraction of sp³-hybridized carbons (Fsp3) is 0.368. The number of nitrogens with two attached hydrogens (primary N) is 1. The molecule has 0 radical (unpaired) electrons. The van der Waals surface area contributed by atoms with Crippen molar-refractivity contribution in [1.82, 2.24) is 9.97 Å². The predicted molar refractivity (Wildman–Crippen MR) is 107 cm³/mol. The number of pyridine rings is 2. The molecule has 1 atom stereocenters. The maximum atomic E-state index is 12.7. The summed E-state index contributed by atoms with van der Waals surface area (Å²) in [5, 5.41) is 1.00. The molecule has 7 heteroatoms. The Kier molecular flexibility index (Phi) is 5.02. The van der Waals surface area contributed by atoms with Crippen LogP contribution in [0, 0.1) is 0 Å². The zero-order chi connectivity index (χ0) is 18.1. The van der Waals surface area contributed by atoms with Crippen molar-refractivity contribution >= 4 is 38.0 Å². The van der Waals surface area contributed by atoms with Gasteiger partial charge in [0.15, 0.2) is 0 Å². The lowest BCUT2D eigenvalue weighted by molar-refractivity contribution is 0.200. The van der Waals surface area contributed by atoms with Crippen molar-refractivity contribution in [2.24, 2.45) is 0 Å². The normalized spacial score (nSPS) is 15.4. The van der Waals surface area contributed by atoms with Gasteiger partial charge in [0.2, 0.25) is 0 Å². The first kappa shape index (κ1) is 17.6. The smallest absolute Gasteiger partial charge is 0.127 e. The van der Waals surface area contributed by atoms with E-state index in [-0.39, 0.29) is 0 Å². The van der Waals surface area contributed by atoms with Crippen LogP contribution in [0.4, 0.5) is 5.69 Å². The molecule has 1 fully saturated rings. The summed E-state index contributed by atoms with van der Waals surface area (Å²) in [4.78, 5) is 9.89. The van der Waals surface area contributed by atoms with Crippen molar-refractivity contribution in [2.45, 2.75) is 29.4 Å². The average Bonchev–Trinajstić information content (AvgIpc) is 3.46. The van der Waals surface area contributed by atoms with Gasteiger partial charge in [-0.05, 0) is 48.9 Å². The van der Waals surface area contributed by atoms with Gasteiger partial charge in [-0.15, -0.1) is 11.3 Å². The minimum absolute atomic E-state index is 0.530. The molecule has 1 saturated carbocycles. The lowest BCUT2D eigenvalue weighted by atomic mass is 10.0. The van der Waals surface area contributed by atoms with E-state index in [1.807, 2.05) is 18.3 Å². The number of methoxy groups -OCH3 is 1. The van der Waals surface area contributed by atoms with E-state index >= 15 is 0 Å². The van der Waals surface area contributed by atoms with Crippen LogP contribution in [-0.4, -0.2) is 33.6 Å². The summed E-state index contributed by atoms with van der Waals surface area (Å²) < 4.78 is 18.5. The summed E-state index contributed by atoms with van der Waals surface area (Å²) in [6.45, 7) is 0.604. The molecule has 3 aromatic rings. The minimum atomic E-state index is -1.12. The molecule has 2 N–H and O–H groups in total.